The van der Waals surface area contributed by atoms with Crippen LogP contribution in [0.25, 0.3) is 0 Å². The molecule has 4 heteroatoms. The first kappa shape index (κ1) is 15.8. The number of rotatable bonds is 13. The summed E-state index contributed by atoms with van der Waals surface area (Å²) in [5.74, 6) is 0. The lowest BCUT2D eigenvalue weighted by Crippen LogP contribution is -2.04. The fraction of sp³-hybridized carbons (Fsp3) is 1.00. The Balaban J connectivity index is 2.83. The molecule has 98 valence electrons. The number of hydrogen-bond acceptors (Lipinski definition) is 4. The van der Waals surface area contributed by atoms with Gasteiger partial charge in [-0.2, -0.15) is 0 Å². The molecule has 0 saturated heterocycles. The minimum absolute atomic E-state index is 0.605. The smallest absolute Gasteiger partial charge is 0.0170 e. The summed E-state index contributed by atoms with van der Waals surface area (Å²) < 4.78 is 0. The average Bonchev–Trinajstić information content (AvgIpc) is 2.31. The van der Waals surface area contributed by atoms with E-state index in [4.69, 9.17) is 0 Å². The van der Waals surface area contributed by atoms with Crippen LogP contribution in [0.15, 0.2) is 0 Å². The molecule has 0 aromatic rings. The van der Waals surface area contributed by atoms with Gasteiger partial charge in [0, 0.05) is 0 Å². The molecule has 16 heavy (non-hydrogen) atoms. The maximum atomic E-state index is 9.94. The molecule has 0 heterocycles. The molecule has 0 fully saturated rings. The molecule has 4 nitrogen and oxygen atoms in total. The molecular formula is C12H26N2O2-2. The fourth-order valence-corrected chi connectivity index (χ4v) is 1.81. The van der Waals surface area contributed by atoms with E-state index in [9.17, 15) is 10.4 Å². The van der Waals surface area contributed by atoms with Crippen molar-refractivity contribution in [3.05, 3.63) is 10.4 Å². The standard InChI is InChI=1S/C12H26N2O2/c15-13-11-9-7-5-3-1-2-4-6-8-10-12-14-16/h13-14H,1-12H2/q-2. The van der Waals surface area contributed by atoms with Gasteiger partial charge in [-0.05, 0) is 25.9 Å². The van der Waals surface area contributed by atoms with Crippen molar-refractivity contribution in [1.29, 1.82) is 0 Å². The van der Waals surface area contributed by atoms with Crippen LogP contribution < -0.4 is 11.0 Å². The Morgan fingerprint density at radius 1 is 0.438 bits per heavy atom. The van der Waals surface area contributed by atoms with Crippen LogP contribution in [0.3, 0.4) is 0 Å². The monoisotopic (exact) mass is 230 g/mol. The first-order valence-electron chi connectivity index (χ1n) is 6.62. The van der Waals surface area contributed by atoms with E-state index < -0.39 is 0 Å². The van der Waals surface area contributed by atoms with E-state index in [1.807, 2.05) is 11.0 Å². The molecule has 0 saturated carbocycles. The van der Waals surface area contributed by atoms with Crippen molar-refractivity contribution in [3.63, 3.8) is 0 Å². The molecule has 0 bridgehead atoms. The third kappa shape index (κ3) is 13.8. The van der Waals surface area contributed by atoms with Crippen LogP contribution in [0.5, 0.6) is 0 Å². The number of unbranched alkanes of at least 4 members (excludes halogenated alkanes) is 9. The summed E-state index contributed by atoms with van der Waals surface area (Å²) in [6.07, 6.45) is 12.1. The lowest BCUT2D eigenvalue weighted by Gasteiger charge is -2.07. The fourth-order valence-electron chi connectivity index (χ4n) is 1.81. The largest absolute Gasteiger partial charge is 0.788 e. The van der Waals surface area contributed by atoms with Crippen molar-refractivity contribution in [2.75, 3.05) is 13.1 Å². The molecule has 2 N–H and O–H groups in total. The summed E-state index contributed by atoms with van der Waals surface area (Å²) in [6, 6.07) is 0. The molecule has 0 radical (unpaired) electrons. The van der Waals surface area contributed by atoms with Crippen LogP contribution >= 0.6 is 0 Å². The van der Waals surface area contributed by atoms with Crippen LogP contribution in [0.1, 0.15) is 64.2 Å². The van der Waals surface area contributed by atoms with Gasteiger partial charge in [-0.1, -0.05) is 51.4 Å². The van der Waals surface area contributed by atoms with Crippen molar-refractivity contribution < 1.29 is 0 Å². The minimum Gasteiger partial charge on any atom is -0.788 e. The van der Waals surface area contributed by atoms with Crippen molar-refractivity contribution in [3.8, 4) is 0 Å². The van der Waals surface area contributed by atoms with Crippen LogP contribution in [0.2, 0.25) is 0 Å². The van der Waals surface area contributed by atoms with E-state index in [0.717, 1.165) is 12.8 Å². The summed E-state index contributed by atoms with van der Waals surface area (Å²) in [5.41, 5.74) is 3.85. The lowest BCUT2D eigenvalue weighted by molar-refractivity contribution is 0.547. The highest BCUT2D eigenvalue weighted by Crippen LogP contribution is 2.10. The highest BCUT2D eigenvalue weighted by molar-refractivity contribution is 4.51. The van der Waals surface area contributed by atoms with Crippen LogP contribution in [-0.4, -0.2) is 13.1 Å². The van der Waals surface area contributed by atoms with Gasteiger partial charge in [-0.3, -0.25) is 0 Å². The van der Waals surface area contributed by atoms with Gasteiger partial charge in [0.25, 0.3) is 0 Å². The van der Waals surface area contributed by atoms with Gasteiger partial charge in [-0.25, -0.2) is 0 Å². The molecule has 0 rings (SSSR count). The van der Waals surface area contributed by atoms with E-state index in [2.05, 4.69) is 0 Å². The quantitative estimate of drug-likeness (QED) is 0.377. The maximum Gasteiger partial charge on any atom is -0.0170 e. The van der Waals surface area contributed by atoms with E-state index in [1.54, 1.807) is 0 Å². The van der Waals surface area contributed by atoms with Gasteiger partial charge in [0.2, 0.25) is 0 Å². The van der Waals surface area contributed by atoms with Gasteiger partial charge in [0.15, 0.2) is 0 Å². The highest BCUT2D eigenvalue weighted by Gasteiger charge is 1.92. The minimum atomic E-state index is 0.605. The predicted molar refractivity (Wildman–Crippen MR) is 68.9 cm³/mol. The molecular weight excluding hydrogens is 204 g/mol. The van der Waals surface area contributed by atoms with Crippen molar-refractivity contribution in [2.24, 2.45) is 0 Å². The second-order valence-corrected chi connectivity index (χ2v) is 4.32. The maximum absolute atomic E-state index is 9.94. The third-order valence-corrected chi connectivity index (χ3v) is 2.81. The van der Waals surface area contributed by atoms with Gasteiger partial charge in [0.1, 0.15) is 0 Å². The van der Waals surface area contributed by atoms with Gasteiger partial charge in [-0.15, -0.1) is 0 Å². The Morgan fingerprint density at radius 2 is 0.688 bits per heavy atom. The Bertz CT molecular complexity index is 110. The van der Waals surface area contributed by atoms with E-state index in [0.29, 0.717) is 13.1 Å². The normalized spacial score (nSPS) is 10.9. The molecule has 0 amide bonds. The van der Waals surface area contributed by atoms with Crippen LogP contribution in [0, 0.1) is 10.4 Å². The zero-order chi connectivity index (χ0) is 11.9. The SMILES string of the molecule is [O-]NCCCCCCCCCCCCN[O-]. The van der Waals surface area contributed by atoms with Gasteiger partial charge >= 0.3 is 0 Å². The molecule has 0 aliphatic rings. The Morgan fingerprint density at radius 3 is 0.938 bits per heavy atom. The number of nitrogens with one attached hydrogen (secondary N) is 2. The van der Waals surface area contributed by atoms with E-state index >= 15 is 0 Å². The van der Waals surface area contributed by atoms with Crippen LogP contribution in [0.4, 0.5) is 0 Å². The third-order valence-electron chi connectivity index (χ3n) is 2.81. The summed E-state index contributed by atoms with van der Waals surface area (Å²) in [6.45, 7) is 1.21. The van der Waals surface area contributed by atoms with Crippen molar-refractivity contribution in [2.45, 2.75) is 64.2 Å². The zero-order valence-electron chi connectivity index (χ0n) is 10.3. The summed E-state index contributed by atoms with van der Waals surface area (Å²) in [5, 5.41) is 19.9. The zero-order valence-corrected chi connectivity index (χ0v) is 10.3. The molecule has 0 atom stereocenters. The summed E-state index contributed by atoms with van der Waals surface area (Å²) in [4.78, 5) is 0. The van der Waals surface area contributed by atoms with Crippen molar-refractivity contribution >= 4 is 0 Å². The highest BCUT2D eigenvalue weighted by atomic mass is 16.5. The van der Waals surface area contributed by atoms with Crippen LogP contribution in [-0.2, 0) is 0 Å². The van der Waals surface area contributed by atoms with Gasteiger partial charge < -0.3 is 21.4 Å². The second kappa shape index (κ2) is 14.8. The predicted octanol–water partition coefficient (Wildman–Crippen LogP) is 3.06. The van der Waals surface area contributed by atoms with E-state index in [-0.39, 0.29) is 0 Å². The molecule has 0 aliphatic heterocycles. The first-order chi connectivity index (χ1) is 7.91. The number of hydroxylamine groups is 2. The molecule has 0 spiro atoms. The lowest BCUT2D eigenvalue weighted by atomic mass is 10.1. The summed E-state index contributed by atoms with van der Waals surface area (Å²) >= 11 is 0. The average molecular weight is 230 g/mol. The Hall–Kier alpha value is -0.160. The van der Waals surface area contributed by atoms with E-state index in [1.165, 1.54) is 51.4 Å². The first-order valence-corrected chi connectivity index (χ1v) is 6.62. The molecule has 0 aromatic carbocycles. The molecule has 0 aliphatic carbocycles. The Kier molecular flexibility index (Phi) is 14.7. The summed E-state index contributed by atoms with van der Waals surface area (Å²) in [7, 11) is 0. The van der Waals surface area contributed by atoms with Gasteiger partial charge in [0.05, 0.1) is 0 Å². The second-order valence-electron chi connectivity index (χ2n) is 4.32. The number of hydrogen-bond donors (Lipinski definition) is 2. The molecule has 0 aromatic heterocycles. The topological polar surface area (TPSA) is 70.2 Å². The van der Waals surface area contributed by atoms with Crippen molar-refractivity contribution in [1.82, 2.24) is 11.0 Å². The molecule has 0 unspecified atom stereocenters. The Labute approximate surface area is 99.3 Å².